The second kappa shape index (κ2) is 29.9. The molecule has 640 valence electrons. The summed E-state index contributed by atoms with van der Waals surface area (Å²) in [5, 5.41) is 52.9. The number of benzene rings is 22. The van der Waals surface area contributed by atoms with Crippen molar-refractivity contribution in [2.24, 2.45) is 0 Å². The fraction of sp³-hybridized carbons (Fsp3) is 0. The number of hydrogen-bond donors (Lipinski definition) is 0. The van der Waals surface area contributed by atoms with Gasteiger partial charge in [0.25, 0.3) is 0 Å². The molecule has 11 heteroatoms. The summed E-state index contributed by atoms with van der Waals surface area (Å²) in [7, 11) is 0. The Labute approximate surface area is 796 Å². The molecule has 0 amide bonds. The molecule has 0 N–H and O–H groups in total. The molecule has 0 bridgehead atoms. The topological polar surface area (TPSA) is 93.2 Å². The molecule has 0 fully saturated rings. The monoisotopic (exact) mass is 1770 g/mol. The van der Waals surface area contributed by atoms with Gasteiger partial charge in [0.2, 0.25) is 11.4 Å². The normalized spacial score (nSPS) is 12.0. The van der Waals surface area contributed by atoms with Crippen molar-refractivity contribution < 1.29 is 0 Å². The molecule has 22 aromatic carbocycles. The third-order valence-corrected chi connectivity index (χ3v) is 29.5. The van der Waals surface area contributed by atoms with Crippen molar-refractivity contribution in [2.45, 2.75) is 0 Å². The summed E-state index contributed by atoms with van der Waals surface area (Å²) >= 11 is 0. The van der Waals surface area contributed by atoms with Crippen LogP contribution in [-0.4, -0.2) is 32.6 Å². The molecule has 0 aliphatic carbocycles. The van der Waals surface area contributed by atoms with Gasteiger partial charge in [0.1, 0.15) is 11.2 Å². The van der Waals surface area contributed by atoms with Crippen LogP contribution in [0.5, 0.6) is 0 Å². The number of hydrogen-bond acceptors (Lipinski definition) is 4. The molecule has 32 rings (SSSR count). The summed E-state index contributed by atoms with van der Waals surface area (Å²) in [5.74, 6) is 0. The number of fused-ring (bicyclic) bond motifs is 56. The molecule has 32 aromatic rings. The Bertz CT molecular complexity index is 10800. The zero-order valence-corrected chi connectivity index (χ0v) is 74.8. The molecule has 10 aromatic heterocycles. The highest BCUT2D eigenvalue weighted by Gasteiger charge is 2.28. The molecule has 0 aliphatic heterocycles. The van der Waals surface area contributed by atoms with Crippen LogP contribution in [0, 0.1) is 31.0 Å². The van der Waals surface area contributed by atoms with E-state index in [-0.39, 0.29) is 22.6 Å². The Hall–Kier alpha value is -19.7. The van der Waals surface area contributed by atoms with Crippen molar-refractivity contribution in [3.8, 4) is 6.07 Å². The fourth-order valence-electron chi connectivity index (χ4n) is 23.7. The smallest absolute Gasteiger partial charge is 0.202 e. The molecule has 140 heavy (non-hydrogen) atoms. The SMILES string of the molecule is [C-]#[N+]c1c([N+]#[C-])c([N+]#[C-])c2cc3c4c5ccccc5c5ccccc5c4c4cc5ccccc5n4c3cc2c1C#N.c1ccc2c(c1)cc1c3c4ccccc4c4ccccc4c3c3nc4ccccc4nc3n21.c1ccc2cc3c(cc2c1)c1c2ccccc2c2ccccc2c1c1cc2ccccc2n31.c1ccc2nc3c(cc2c1)c1c2ccccc2c2ccccc2c1c1cc2ccccc2n13. The third-order valence-electron chi connectivity index (χ3n) is 29.5. The van der Waals surface area contributed by atoms with Gasteiger partial charge in [-0.15, -0.1) is 0 Å². The van der Waals surface area contributed by atoms with Gasteiger partial charge in [0.05, 0.1) is 103 Å². The van der Waals surface area contributed by atoms with E-state index in [9.17, 15) is 5.26 Å². The van der Waals surface area contributed by atoms with Crippen LogP contribution in [0.15, 0.2) is 419 Å². The predicted octanol–water partition coefficient (Wildman–Crippen LogP) is 35.1. The number of nitriles is 1. The predicted molar refractivity (Wildman–Crippen MR) is 587 cm³/mol. The minimum absolute atomic E-state index is 0.0637. The molecular formula is C129H69N11. The van der Waals surface area contributed by atoms with E-state index in [0.29, 0.717) is 10.8 Å². The first-order chi connectivity index (χ1) is 69.3. The Balaban J connectivity index is 0.0000000900. The Morgan fingerprint density at radius 2 is 0.464 bits per heavy atom. The number of pyridine rings is 5. The van der Waals surface area contributed by atoms with Crippen molar-refractivity contribution >= 4 is 299 Å². The van der Waals surface area contributed by atoms with Crippen LogP contribution in [0.25, 0.3) is 297 Å². The van der Waals surface area contributed by atoms with E-state index in [2.05, 4.69) is 402 Å². The minimum Gasteiger partial charge on any atom is -0.309 e. The lowest BCUT2D eigenvalue weighted by Gasteiger charge is -2.18. The van der Waals surface area contributed by atoms with E-state index in [1.807, 2.05) is 54.6 Å². The van der Waals surface area contributed by atoms with Gasteiger partial charge in [-0.25, -0.2) is 15.0 Å². The molecule has 0 radical (unpaired) electrons. The number of aromatic nitrogens is 7. The van der Waals surface area contributed by atoms with E-state index in [1.54, 1.807) is 0 Å². The Morgan fingerprint density at radius 3 is 0.879 bits per heavy atom. The molecule has 0 saturated carbocycles. The molecule has 10 heterocycles. The first-order valence-electron chi connectivity index (χ1n) is 46.9. The highest BCUT2D eigenvalue weighted by atomic mass is 15.0. The van der Waals surface area contributed by atoms with Crippen LogP contribution in [0.2, 0.25) is 0 Å². The van der Waals surface area contributed by atoms with Crippen LogP contribution in [0.4, 0.5) is 17.1 Å². The minimum atomic E-state index is -0.0643. The zero-order chi connectivity index (χ0) is 92.4. The van der Waals surface area contributed by atoms with Gasteiger partial charge in [-0.3, -0.25) is 23.3 Å². The first-order valence-corrected chi connectivity index (χ1v) is 46.9. The summed E-state index contributed by atoms with van der Waals surface area (Å²) in [6, 6.07) is 151. The lowest BCUT2D eigenvalue weighted by Crippen LogP contribution is -1.98. The van der Waals surface area contributed by atoms with E-state index < -0.39 is 0 Å². The van der Waals surface area contributed by atoms with Gasteiger partial charge in [0.15, 0.2) is 11.3 Å². The lowest BCUT2D eigenvalue weighted by atomic mass is 9.90. The standard InChI is InChI=1S/C36H15N5.C32H19N.C31H18N2.C30H17N3/c1-38-34-26-17-27-30(18-25(26)28(19-37)35(39-2)36(34)40-3)41-29-15-9-4-10-20(29)16-31(41)33-24-14-8-6-12-22(24)21-11-5-7-13-23(21)32(27)33;1-2-10-21-18-29-27(17-20(21)9-1)31-25-14-6-4-12-23(25)24-13-5-7-15-26(24)32(31)30-19-22-11-3-8-16-28(22)33(29)30;1-7-15-26-19(9-1)17-25-29-23-13-5-3-11-21(23)22-12-4-6-14-24(22)30(29)28-18-20-10-2-8-16-27(20)33(28)31(25)32-26;1-8-16-25-18(9-1)17-26-27-21-12-4-2-10-19(21)20-11-3-5-13-22(20)28(27)29-30(33(25)26)32-24-15-7-6-14-23(24)31-29/h4-18H;1-19H;1-18H;1-17H. The van der Waals surface area contributed by atoms with E-state index in [1.165, 1.54) is 173 Å². The summed E-state index contributed by atoms with van der Waals surface area (Å²) in [6.07, 6.45) is 0. The van der Waals surface area contributed by atoms with Gasteiger partial charge in [-0.1, -0.05) is 328 Å². The largest absolute Gasteiger partial charge is 0.309 e. The summed E-state index contributed by atoms with van der Waals surface area (Å²) in [5.41, 5.74) is 17.3. The van der Waals surface area contributed by atoms with Crippen molar-refractivity contribution in [1.29, 1.82) is 5.26 Å². The quantitative estimate of drug-likeness (QED) is 0.0859. The van der Waals surface area contributed by atoms with Crippen LogP contribution in [-0.2, 0) is 0 Å². The molecule has 0 saturated heterocycles. The maximum absolute atomic E-state index is 10.2. The van der Waals surface area contributed by atoms with E-state index in [0.717, 1.165) is 98.5 Å². The summed E-state index contributed by atoms with van der Waals surface area (Å²) in [4.78, 5) is 26.4. The van der Waals surface area contributed by atoms with Gasteiger partial charge in [-0.2, -0.15) is 5.26 Å². The molecule has 0 aliphatic rings. The first kappa shape index (κ1) is 77.9. The molecule has 0 unspecified atom stereocenters. The van der Waals surface area contributed by atoms with E-state index >= 15 is 0 Å². The lowest BCUT2D eigenvalue weighted by molar-refractivity contribution is 1.25. The number of nitrogens with zero attached hydrogens (tertiary/aromatic N) is 11. The molecular weight excluding hydrogens is 1700 g/mol. The molecule has 0 atom stereocenters. The van der Waals surface area contributed by atoms with Gasteiger partial charge in [-0.05, 0) is 199 Å². The molecule has 11 nitrogen and oxygen atoms in total. The highest BCUT2D eigenvalue weighted by Crippen LogP contribution is 2.53. The van der Waals surface area contributed by atoms with Crippen molar-refractivity contribution in [1.82, 2.24) is 32.6 Å². The Morgan fingerprint density at radius 1 is 0.186 bits per heavy atom. The van der Waals surface area contributed by atoms with Crippen molar-refractivity contribution in [3.05, 3.63) is 458 Å². The van der Waals surface area contributed by atoms with Gasteiger partial charge >= 0.3 is 0 Å². The molecule has 0 spiro atoms. The second-order valence-corrected chi connectivity index (χ2v) is 36.5. The van der Waals surface area contributed by atoms with Gasteiger partial charge in [0, 0.05) is 86.2 Å². The summed E-state index contributed by atoms with van der Waals surface area (Å²) < 4.78 is 9.36. The van der Waals surface area contributed by atoms with Crippen molar-refractivity contribution in [3.63, 3.8) is 0 Å². The van der Waals surface area contributed by atoms with E-state index in [4.69, 9.17) is 34.7 Å². The van der Waals surface area contributed by atoms with Crippen LogP contribution in [0.3, 0.4) is 0 Å². The Kier molecular flexibility index (Phi) is 16.6. The maximum Gasteiger partial charge on any atom is 0.202 e. The fourth-order valence-corrected chi connectivity index (χ4v) is 23.7. The number of para-hydroxylation sites is 7. The van der Waals surface area contributed by atoms with Crippen molar-refractivity contribution in [2.75, 3.05) is 0 Å². The highest BCUT2D eigenvalue weighted by molar-refractivity contribution is 6.41. The second-order valence-electron chi connectivity index (χ2n) is 36.5. The zero-order valence-electron chi connectivity index (χ0n) is 74.8. The van der Waals surface area contributed by atoms with Crippen LogP contribution < -0.4 is 0 Å². The van der Waals surface area contributed by atoms with Crippen LogP contribution >= 0.6 is 0 Å². The third kappa shape index (κ3) is 11.0. The number of rotatable bonds is 0. The average Bonchev–Trinajstić information content (AvgIpc) is 1.44. The average molecular weight is 1770 g/mol. The maximum atomic E-state index is 10.2. The van der Waals surface area contributed by atoms with Crippen LogP contribution in [0.1, 0.15) is 5.56 Å². The summed E-state index contributed by atoms with van der Waals surface area (Å²) in [6.45, 7) is 23.5. The van der Waals surface area contributed by atoms with Gasteiger partial charge < -0.3 is 8.80 Å².